The number of benzene rings is 1. The number of carbonyl (C=O) groups is 1. The number of ether oxygens (including phenoxy) is 3. The van der Waals surface area contributed by atoms with Crippen molar-refractivity contribution in [2.24, 2.45) is 0 Å². The topological polar surface area (TPSA) is 44.8 Å². The minimum Gasteiger partial charge on any atom is -0.462 e. The molecule has 0 bridgehead atoms. The zero-order chi connectivity index (χ0) is 12.6. The van der Waals surface area contributed by atoms with Crippen molar-refractivity contribution < 1.29 is 19.0 Å². The second-order valence-electron chi connectivity index (χ2n) is 4.41. The van der Waals surface area contributed by atoms with E-state index in [0.717, 1.165) is 5.56 Å². The summed E-state index contributed by atoms with van der Waals surface area (Å²) in [6.07, 6.45) is 0. The van der Waals surface area contributed by atoms with Crippen molar-refractivity contribution in [1.29, 1.82) is 0 Å². The molecule has 1 heterocycles. The summed E-state index contributed by atoms with van der Waals surface area (Å²) in [6.45, 7) is 7.64. The van der Waals surface area contributed by atoms with Crippen LogP contribution in [0.4, 0.5) is 0 Å². The lowest BCUT2D eigenvalue weighted by Crippen LogP contribution is -2.30. The molecule has 2 rings (SSSR count). The smallest absolute Gasteiger partial charge is 0.342 e. The van der Waals surface area contributed by atoms with Crippen LogP contribution in [0.15, 0.2) is 12.1 Å². The molecule has 1 aliphatic heterocycles. The van der Waals surface area contributed by atoms with Gasteiger partial charge < -0.3 is 14.2 Å². The van der Waals surface area contributed by atoms with Gasteiger partial charge in [-0.05, 0) is 25.5 Å². The normalized spacial score (nSPS) is 15.8. The van der Waals surface area contributed by atoms with Crippen LogP contribution >= 0.6 is 0 Å². The third-order valence-electron chi connectivity index (χ3n) is 2.50. The molecule has 1 aliphatic rings. The fourth-order valence-corrected chi connectivity index (χ4v) is 1.77. The van der Waals surface area contributed by atoms with E-state index in [4.69, 9.17) is 14.2 Å². The summed E-state index contributed by atoms with van der Waals surface area (Å²) in [5.74, 6) is -0.0190. The number of hydrogen-bond donors (Lipinski definition) is 0. The number of esters is 1. The lowest BCUT2D eigenvalue weighted by Gasteiger charge is -2.16. The first-order chi connectivity index (χ1) is 7.94. The van der Waals surface area contributed by atoms with E-state index in [-0.39, 0.29) is 5.97 Å². The highest BCUT2D eigenvalue weighted by molar-refractivity contribution is 5.94. The Bertz CT molecular complexity index is 463. The second-order valence-corrected chi connectivity index (χ2v) is 4.41. The molecule has 92 valence electrons. The van der Waals surface area contributed by atoms with Gasteiger partial charge in [-0.15, -0.1) is 0 Å². The van der Waals surface area contributed by atoms with Crippen LogP contribution < -0.4 is 9.47 Å². The minimum atomic E-state index is -0.740. The summed E-state index contributed by atoms with van der Waals surface area (Å²) in [6, 6.07) is 3.53. The predicted octanol–water partition coefficient (Wildman–Crippen LogP) is 2.68. The van der Waals surface area contributed by atoms with Gasteiger partial charge in [-0.3, -0.25) is 0 Å². The van der Waals surface area contributed by atoms with E-state index in [1.807, 2.05) is 13.0 Å². The van der Waals surface area contributed by atoms with Gasteiger partial charge in [0.25, 0.3) is 0 Å². The number of fused-ring (bicyclic) bond motifs is 1. The molecule has 4 heteroatoms. The van der Waals surface area contributed by atoms with E-state index >= 15 is 0 Å². The Hall–Kier alpha value is -1.71. The summed E-state index contributed by atoms with van der Waals surface area (Å²) in [5.41, 5.74) is 1.36. The van der Waals surface area contributed by atoms with Crippen molar-refractivity contribution >= 4 is 5.97 Å². The molecule has 0 saturated carbocycles. The van der Waals surface area contributed by atoms with Crippen LogP contribution in [0.2, 0.25) is 0 Å². The molecule has 0 radical (unpaired) electrons. The predicted molar refractivity (Wildman–Crippen MR) is 62.5 cm³/mol. The van der Waals surface area contributed by atoms with E-state index in [2.05, 4.69) is 0 Å². The van der Waals surface area contributed by atoms with Gasteiger partial charge in [0.1, 0.15) is 5.56 Å². The maximum atomic E-state index is 11.8. The van der Waals surface area contributed by atoms with Gasteiger partial charge in [0.05, 0.1) is 6.61 Å². The molecule has 1 aromatic rings. The average Bonchev–Trinajstić information content (AvgIpc) is 2.55. The van der Waals surface area contributed by atoms with Crippen LogP contribution in [-0.2, 0) is 4.74 Å². The lowest BCUT2D eigenvalue weighted by atomic mass is 10.1. The van der Waals surface area contributed by atoms with Gasteiger partial charge in [0.15, 0.2) is 11.5 Å². The molecule has 4 nitrogen and oxygen atoms in total. The Labute approximate surface area is 100 Å². The SMILES string of the molecule is CCOC(=O)c1ccc(C)c2c1OC(C)(C)O2. The number of carbonyl (C=O) groups excluding carboxylic acids is 1. The van der Waals surface area contributed by atoms with Crippen molar-refractivity contribution in [2.75, 3.05) is 6.61 Å². The monoisotopic (exact) mass is 236 g/mol. The zero-order valence-corrected chi connectivity index (χ0v) is 10.5. The third kappa shape index (κ3) is 2.07. The first kappa shape index (κ1) is 11.8. The van der Waals surface area contributed by atoms with E-state index in [9.17, 15) is 4.79 Å². The fraction of sp³-hybridized carbons (Fsp3) is 0.462. The summed E-state index contributed by atoms with van der Waals surface area (Å²) in [7, 11) is 0. The molecule has 0 saturated heterocycles. The minimum absolute atomic E-state index is 0.339. The summed E-state index contributed by atoms with van der Waals surface area (Å²) in [4.78, 5) is 11.8. The van der Waals surface area contributed by atoms with Gasteiger partial charge in [0, 0.05) is 13.8 Å². The Balaban J connectivity index is 2.45. The lowest BCUT2D eigenvalue weighted by molar-refractivity contribution is -0.0437. The summed E-state index contributed by atoms with van der Waals surface area (Å²) < 4.78 is 16.3. The Morgan fingerprint density at radius 1 is 1.29 bits per heavy atom. The molecular weight excluding hydrogens is 220 g/mol. The van der Waals surface area contributed by atoms with E-state index in [1.165, 1.54) is 0 Å². The van der Waals surface area contributed by atoms with Gasteiger partial charge in [-0.1, -0.05) is 6.07 Å². The Morgan fingerprint density at radius 3 is 2.59 bits per heavy atom. The molecule has 0 N–H and O–H groups in total. The van der Waals surface area contributed by atoms with E-state index in [0.29, 0.717) is 23.7 Å². The van der Waals surface area contributed by atoms with E-state index in [1.54, 1.807) is 26.8 Å². The van der Waals surface area contributed by atoms with Crippen molar-refractivity contribution in [1.82, 2.24) is 0 Å². The molecule has 0 unspecified atom stereocenters. The van der Waals surface area contributed by atoms with Crippen LogP contribution in [0.25, 0.3) is 0 Å². The Morgan fingerprint density at radius 2 is 1.94 bits per heavy atom. The van der Waals surface area contributed by atoms with Crippen LogP contribution in [0.5, 0.6) is 11.5 Å². The molecule has 0 fully saturated rings. The summed E-state index contributed by atoms with van der Waals surface area (Å²) >= 11 is 0. The highest BCUT2D eigenvalue weighted by Gasteiger charge is 2.36. The average molecular weight is 236 g/mol. The maximum Gasteiger partial charge on any atom is 0.342 e. The van der Waals surface area contributed by atoms with Gasteiger partial charge in [-0.25, -0.2) is 4.79 Å². The van der Waals surface area contributed by atoms with Crippen molar-refractivity contribution in [3.05, 3.63) is 23.3 Å². The standard InChI is InChI=1S/C13H16O4/c1-5-15-12(14)9-7-6-8(2)10-11(9)17-13(3,4)16-10/h6-7H,5H2,1-4H3. The van der Waals surface area contributed by atoms with E-state index < -0.39 is 5.79 Å². The molecule has 0 aromatic heterocycles. The van der Waals surface area contributed by atoms with Gasteiger partial charge in [-0.2, -0.15) is 0 Å². The number of aryl methyl sites for hydroxylation is 1. The molecule has 1 aromatic carbocycles. The van der Waals surface area contributed by atoms with Gasteiger partial charge in [0.2, 0.25) is 5.79 Å². The first-order valence-electron chi connectivity index (χ1n) is 5.63. The maximum absolute atomic E-state index is 11.8. The molecular formula is C13H16O4. The molecule has 17 heavy (non-hydrogen) atoms. The molecule has 0 amide bonds. The molecule has 0 aliphatic carbocycles. The van der Waals surface area contributed by atoms with Crippen molar-refractivity contribution in [3.63, 3.8) is 0 Å². The van der Waals surface area contributed by atoms with Crippen molar-refractivity contribution in [3.8, 4) is 11.5 Å². The summed E-state index contributed by atoms with van der Waals surface area (Å²) in [5, 5.41) is 0. The first-order valence-corrected chi connectivity index (χ1v) is 5.63. The third-order valence-corrected chi connectivity index (χ3v) is 2.50. The zero-order valence-electron chi connectivity index (χ0n) is 10.5. The quantitative estimate of drug-likeness (QED) is 0.740. The highest BCUT2D eigenvalue weighted by atomic mass is 16.7. The second kappa shape index (κ2) is 3.95. The molecule has 0 atom stereocenters. The van der Waals surface area contributed by atoms with Crippen LogP contribution in [0.3, 0.4) is 0 Å². The highest BCUT2D eigenvalue weighted by Crippen LogP contribution is 2.44. The number of hydrogen-bond acceptors (Lipinski definition) is 4. The van der Waals surface area contributed by atoms with Crippen LogP contribution in [0.1, 0.15) is 36.7 Å². The molecule has 0 spiro atoms. The largest absolute Gasteiger partial charge is 0.462 e. The Kier molecular flexibility index (Phi) is 2.73. The van der Waals surface area contributed by atoms with Crippen LogP contribution in [0, 0.1) is 6.92 Å². The van der Waals surface area contributed by atoms with Crippen molar-refractivity contribution in [2.45, 2.75) is 33.5 Å². The fourth-order valence-electron chi connectivity index (χ4n) is 1.77. The number of rotatable bonds is 2. The van der Waals surface area contributed by atoms with Crippen LogP contribution in [-0.4, -0.2) is 18.4 Å². The van der Waals surface area contributed by atoms with Gasteiger partial charge >= 0.3 is 5.97 Å².